The fraction of sp³-hybridized carbons (Fsp3) is 0.350. The Morgan fingerprint density at radius 3 is 2.21 bits per heavy atom. The van der Waals surface area contributed by atoms with Gasteiger partial charge in [0.2, 0.25) is 0 Å². The molecule has 2 aromatic carbocycles. The van der Waals surface area contributed by atoms with Crippen LogP contribution >= 0.6 is 0 Å². The minimum Gasteiger partial charge on any atom is -0.379 e. The number of nitrogens with zero attached hydrogens (tertiary/aromatic N) is 1. The molecule has 0 unspecified atom stereocenters. The Balaban J connectivity index is 1.70. The van der Waals surface area contributed by atoms with Crippen LogP contribution in [-0.2, 0) is 10.9 Å². The van der Waals surface area contributed by atoms with Crippen molar-refractivity contribution in [3.63, 3.8) is 0 Å². The van der Waals surface area contributed by atoms with Crippen molar-refractivity contribution in [2.45, 2.75) is 12.2 Å². The van der Waals surface area contributed by atoms with Crippen LogP contribution in [0, 0.1) is 5.82 Å². The number of hydrogen-bond acceptors (Lipinski definition) is 3. The Kier molecular flexibility index (Phi) is 6.31. The number of ether oxygens (including phenoxy) is 1. The lowest BCUT2D eigenvalue weighted by Crippen LogP contribution is -2.43. The Morgan fingerprint density at radius 2 is 1.64 bits per heavy atom. The van der Waals surface area contributed by atoms with Crippen LogP contribution in [0.2, 0.25) is 0 Å². The van der Waals surface area contributed by atoms with Crippen molar-refractivity contribution >= 4 is 5.91 Å². The van der Waals surface area contributed by atoms with Gasteiger partial charge in [-0.15, -0.1) is 0 Å². The van der Waals surface area contributed by atoms with Crippen molar-refractivity contribution in [1.29, 1.82) is 0 Å². The standard InChI is InChI=1S/C20H20F4N2O2/c21-17-7-3-14(4-8-17)18(26-9-11-28-12-10-26)13-25-19(27)15-1-5-16(6-2-15)20(22,23)24/h1-8,18H,9-13H2,(H,25,27)/t18-/m0/s1. The predicted molar refractivity (Wildman–Crippen MR) is 95.3 cm³/mol. The number of carbonyl (C=O) groups excluding carboxylic acids is 1. The Hall–Kier alpha value is -2.45. The molecule has 1 N–H and O–H groups in total. The summed E-state index contributed by atoms with van der Waals surface area (Å²) in [5, 5.41) is 2.77. The maximum absolute atomic E-state index is 13.3. The first-order valence-corrected chi connectivity index (χ1v) is 8.87. The van der Waals surface area contributed by atoms with E-state index in [1.165, 1.54) is 12.1 Å². The van der Waals surface area contributed by atoms with Crippen LogP contribution in [0.4, 0.5) is 17.6 Å². The molecule has 1 atom stereocenters. The molecule has 0 aliphatic carbocycles. The van der Waals surface area contributed by atoms with E-state index in [4.69, 9.17) is 4.74 Å². The van der Waals surface area contributed by atoms with Gasteiger partial charge in [0.25, 0.3) is 5.91 Å². The second-order valence-electron chi connectivity index (χ2n) is 6.50. The van der Waals surface area contributed by atoms with Crippen molar-refractivity contribution in [1.82, 2.24) is 10.2 Å². The quantitative estimate of drug-likeness (QED) is 0.785. The zero-order chi connectivity index (χ0) is 20.1. The average Bonchev–Trinajstić information content (AvgIpc) is 2.69. The number of benzene rings is 2. The fourth-order valence-corrected chi connectivity index (χ4v) is 3.13. The van der Waals surface area contributed by atoms with Gasteiger partial charge in [0.05, 0.1) is 24.8 Å². The van der Waals surface area contributed by atoms with E-state index in [1.54, 1.807) is 12.1 Å². The van der Waals surface area contributed by atoms with Crippen LogP contribution in [0.15, 0.2) is 48.5 Å². The highest BCUT2D eigenvalue weighted by atomic mass is 19.4. The first-order valence-electron chi connectivity index (χ1n) is 8.87. The van der Waals surface area contributed by atoms with Crippen LogP contribution in [0.5, 0.6) is 0 Å². The molecule has 0 aromatic heterocycles. The first-order chi connectivity index (χ1) is 13.3. The second kappa shape index (κ2) is 8.70. The molecule has 4 nitrogen and oxygen atoms in total. The average molecular weight is 396 g/mol. The van der Waals surface area contributed by atoms with E-state index in [1.807, 2.05) is 0 Å². The Morgan fingerprint density at radius 1 is 1.04 bits per heavy atom. The summed E-state index contributed by atoms with van der Waals surface area (Å²) in [7, 11) is 0. The van der Waals surface area contributed by atoms with Crippen LogP contribution in [0.3, 0.4) is 0 Å². The summed E-state index contributed by atoms with van der Waals surface area (Å²) < 4.78 is 56.6. The molecule has 1 aliphatic heterocycles. The van der Waals surface area contributed by atoms with Gasteiger partial charge in [0, 0.05) is 25.2 Å². The monoisotopic (exact) mass is 396 g/mol. The van der Waals surface area contributed by atoms with E-state index < -0.39 is 17.6 Å². The number of alkyl halides is 3. The van der Waals surface area contributed by atoms with Gasteiger partial charge < -0.3 is 10.1 Å². The van der Waals surface area contributed by atoms with Crippen molar-refractivity contribution in [3.05, 3.63) is 71.0 Å². The van der Waals surface area contributed by atoms with Gasteiger partial charge in [-0.3, -0.25) is 9.69 Å². The summed E-state index contributed by atoms with van der Waals surface area (Å²) in [6, 6.07) is 9.94. The molecule has 0 spiro atoms. The van der Waals surface area contributed by atoms with E-state index in [-0.39, 0.29) is 24.0 Å². The van der Waals surface area contributed by atoms with Gasteiger partial charge in [0.1, 0.15) is 5.82 Å². The SMILES string of the molecule is O=C(NC[C@@H](c1ccc(F)cc1)N1CCOCC1)c1ccc(C(F)(F)F)cc1. The summed E-state index contributed by atoms with van der Waals surface area (Å²) in [6.45, 7) is 2.69. The number of morpholine rings is 1. The number of hydrogen-bond donors (Lipinski definition) is 1. The van der Waals surface area contributed by atoms with Gasteiger partial charge >= 0.3 is 6.18 Å². The van der Waals surface area contributed by atoms with Crippen molar-refractivity contribution in [2.75, 3.05) is 32.8 Å². The lowest BCUT2D eigenvalue weighted by molar-refractivity contribution is -0.137. The molecule has 8 heteroatoms. The van der Waals surface area contributed by atoms with Crippen molar-refractivity contribution < 1.29 is 27.1 Å². The number of rotatable bonds is 5. The van der Waals surface area contributed by atoms with Crippen LogP contribution < -0.4 is 5.32 Å². The zero-order valence-electron chi connectivity index (χ0n) is 15.0. The lowest BCUT2D eigenvalue weighted by atomic mass is 10.0. The molecule has 2 aromatic rings. The molecule has 0 radical (unpaired) electrons. The molecular formula is C20H20F4N2O2. The number of nitrogens with one attached hydrogen (secondary N) is 1. The zero-order valence-corrected chi connectivity index (χ0v) is 15.0. The Bertz CT molecular complexity index is 785. The highest BCUT2D eigenvalue weighted by Gasteiger charge is 2.30. The highest BCUT2D eigenvalue weighted by Crippen LogP contribution is 2.29. The minimum absolute atomic E-state index is 0.146. The van der Waals surface area contributed by atoms with Gasteiger partial charge in [-0.05, 0) is 42.0 Å². The molecule has 1 amide bonds. The van der Waals surface area contributed by atoms with Gasteiger partial charge in [-0.25, -0.2) is 4.39 Å². The maximum atomic E-state index is 13.3. The molecule has 1 saturated heterocycles. The van der Waals surface area contributed by atoms with Crippen LogP contribution in [0.25, 0.3) is 0 Å². The highest BCUT2D eigenvalue weighted by molar-refractivity contribution is 5.94. The lowest BCUT2D eigenvalue weighted by Gasteiger charge is -2.35. The third kappa shape index (κ3) is 5.08. The maximum Gasteiger partial charge on any atom is 0.416 e. The normalized spacial score (nSPS) is 16.6. The van der Waals surface area contributed by atoms with E-state index >= 15 is 0 Å². The molecule has 28 heavy (non-hydrogen) atoms. The van der Waals surface area contributed by atoms with Gasteiger partial charge in [-0.1, -0.05) is 12.1 Å². The fourth-order valence-electron chi connectivity index (χ4n) is 3.13. The molecule has 3 rings (SSSR count). The smallest absolute Gasteiger partial charge is 0.379 e. The molecule has 0 bridgehead atoms. The molecule has 1 aliphatic rings. The van der Waals surface area contributed by atoms with Crippen LogP contribution in [-0.4, -0.2) is 43.7 Å². The predicted octanol–water partition coefficient (Wildman–Crippen LogP) is 3.65. The molecule has 1 fully saturated rings. The summed E-state index contributed by atoms with van der Waals surface area (Å²) in [5.41, 5.74) is 0.186. The number of carbonyl (C=O) groups is 1. The van der Waals surface area contributed by atoms with E-state index in [9.17, 15) is 22.4 Å². The molecular weight excluding hydrogens is 376 g/mol. The largest absolute Gasteiger partial charge is 0.416 e. The van der Waals surface area contributed by atoms with Gasteiger partial charge in [-0.2, -0.15) is 13.2 Å². The van der Waals surface area contributed by atoms with Crippen molar-refractivity contribution in [2.24, 2.45) is 0 Å². The Labute approximate surface area is 160 Å². The topological polar surface area (TPSA) is 41.6 Å². The van der Waals surface area contributed by atoms with Crippen LogP contribution in [0.1, 0.15) is 27.5 Å². The molecule has 1 heterocycles. The number of amides is 1. The second-order valence-corrected chi connectivity index (χ2v) is 6.50. The summed E-state index contributed by atoms with van der Waals surface area (Å²) in [6.07, 6.45) is -4.45. The summed E-state index contributed by atoms with van der Waals surface area (Å²) in [5.74, 6) is -0.813. The van der Waals surface area contributed by atoms with Crippen molar-refractivity contribution in [3.8, 4) is 0 Å². The third-order valence-corrected chi connectivity index (χ3v) is 4.67. The van der Waals surface area contributed by atoms with E-state index in [0.29, 0.717) is 26.3 Å². The van der Waals surface area contributed by atoms with E-state index in [0.717, 1.165) is 29.8 Å². The third-order valence-electron chi connectivity index (χ3n) is 4.67. The van der Waals surface area contributed by atoms with E-state index in [2.05, 4.69) is 10.2 Å². The summed E-state index contributed by atoms with van der Waals surface area (Å²) >= 11 is 0. The number of halogens is 4. The summed E-state index contributed by atoms with van der Waals surface area (Å²) in [4.78, 5) is 14.5. The van der Waals surface area contributed by atoms with Gasteiger partial charge in [0.15, 0.2) is 0 Å². The molecule has 0 saturated carbocycles. The first kappa shape index (κ1) is 20.3. The minimum atomic E-state index is -4.45. The molecule has 150 valence electrons.